The van der Waals surface area contributed by atoms with Crippen LogP contribution >= 0.6 is 0 Å². The van der Waals surface area contributed by atoms with E-state index in [0.717, 1.165) is 19.0 Å². The molecule has 1 aliphatic rings. The van der Waals surface area contributed by atoms with Crippen molar-refractivity contribution in [3.8, 4) is 5.75 Å². The third-order valence-electron chi connectivity index (χ3n) is 2.23. The Morgan fingerprint density at radius 1 is 1.31 bits per heavy atom. The molecule has 1 fully saturated rings. The lowest BCUT2D eigenvalue weighted by molar-refractivity contribution is -0.0799. The van der Waals surface area contributed by atoms with Crippen molar-refractivity contribution in [2.75, 3.05) is 13.2 Å². The van der Waals surface area contributed by atoms with Crippen LogP contribution in [-0.4, -0.2) is 19.3 Å². The van der Waals surface area contributed by atoms with E-state index in [1.54, 1.807) is 0 Å². The van der Waals surface area contributed by atoms with Crippen molar-refractivity contribution in [2.24, 2.45) is 0 Å². The molecule has 0 spiro atoms. The molecular formula is C11H14O2. The van der Waals surface area contributed by atoms with E-state index in [0.29, 0.717) is 0 Å². The van der Waals surface area contributed by atoms with Crippen molar-refractivity contribution in [3.05, 3.63) is 29.3 Å². The summed E-state index contributed by atoms with van der Waals surface area (Å²) in [4.78, 5) is 0. The highest BCUT2D eigenvalue weighted by Crippen LogP contribution is 2.21. The van der Waals surface area contributed by atoms with Gasteiger partial charge in [0.2, 0.25) is 0 Å². The Kier molecular flexibility index (Phi) is 2.23. The molecule has 0 atom stereocenters. The fourth-order valence-corrected chi connectivity index (χ4v) is 1.39. The molecule has 0 aromatic heterocycles. The first-order chi connectivity index (χ1) is 6.25. The van der Waals surface area contributed by atoms with Gasteiger partial charge in [0.15, 0.2) is 0 Å². The first-order valence-corrected chi connectivity index (χ1v) is 4.57. The molecule has 1 heterocycles. The summed E-state index contributed by atoms with van der Waals surface area (Å²) in [6.45, 7) is 5.62. The van der Waals surface area contributed by atoms with Crippen LogP contribution in [0.5, 0.6) is 5.75 Å². The molecule has 2 nitrogen and oxygen atoms in total. The minimum atomic E-state index is 0.265. The maximum Gasteiger partial charge on any atom is 0.145 e. The predicted octanol–water partition coefficient (Wildman–Crippen LogP) is 2.08. The topological polar surface area (TPSA) is 18.5 Å². The van der Waals surface area contributed by atoms with Crippen molar-refractivity contribution in [2.45, 2.75) is 20.0 Å². The van der Waals surface area contributed by atoms with E-state index in [4.69, 9.17) is 9.47 Å². The molecule has 0 radical (unpaired) electrons. The second-order valence-corrected chi connectivity index (χ2v) is 3.55. The molecule has 0 saturated carbocycles. The Morgan fingerprint density at radius 3 is 2.62 bits per heavy atom. The minimum absolute atomic E-state index is 0.265. The minimum Gasteiger partial charge on any atom is -0.485 e. The van der Waals surface area contributed by atoms with E-state index >= 15 is 0 Å². The summed E-state index contributed by atoms with van der Waals surface area (Å²) in [5.41, 5.74) is 2.47. The van der Waals surface area contributed by atoms with Crippen LogP contribution in [0.1, 0.15) is 11.1 Å². The van der Waals surface area contributed by atoms with E-state index < -0.39 is 0 Å². The average molecular weight is 178 g/mol. The Morgan fingerprint density at radius 2 is 2.08 bits per heavy atom. The Balaban J connectivity index is 2.10. The third kappa shape index (κ3) is 1.83. The summed E-state index contributed by atoms with van der Waals surface area (Å²) in [6.07, 6.45) is 0.265. The highest BCUT2D eigenvalue weighted by molar-refractivity contribution is 5.35. The zero-order chi connectivity index (χ0) is 9.26. The fraction of sp³-hybridized carbons (Fsp3) is 0.455. The van der Waals surface area contributed by atoms with Gasteiger partial charge in [-0.15, -0.1) is 0 Å². The number of ether oxygens (including phenoxy) is 2. The summed E-state index contributed by atoms with van der Waals surface area (Å²) in [7, 11) is 0. The lowest BCUT2D eigenvalue weighted by atomic mass is 10.1. The molecule has 0 bridgehead atoms. The summed E-state index contributed by atoms with van der Waals surface area (Å²) >= 11 is 0. The lowest BCUT2D eigenvalue weighted by Crippen LogP contribution is -2.38. The standard InChI is InChI=1S/C11H14O2/c1-8-3-4-11(9(2)5-8)13-10-6-12-7-10/h3-5,10H,6-7H2,1-2H3. The quantitative estimate of drug-likeness (QED) is 0.690. The van der Waals surface area contributed by atoms with Crippen molar-refractivity contribution >= 4 is 0 Å². The Hall–Kier alpha value is -1.02. The first-order valence-electron chi connectivity index (χ1n) is 4.57. The normalized spacial score (nSPS) is 16.8. The molecule has 13 heavy (non-hydrogen) atoms. The number of aryl methyl sites for hydroxylation is 2. The van der Waals surface area contributed by atoms with Crippen LogP contribution in [0, 0.1) is 13.8 Å². The van der Waals surface area contributed by atoms with Gasteiger partial charge >= 0.3 is 0 Å². The monoisotopic (exact) mass is 178 g/mol. The Bertz CT molecular complexity index is 303. The van der Waals surface area contributed by atoms with Crippen LogP contribution in [0.15, 0.2) is 18.2 Å². The zero-order valence-electron chi connectivity index (χ0n) is 8.04. The molecule has 0 aliphatic carbocycles. The SMILES string of the molecule is Cc1ccc(OC2COC2)c(C)c1. The maximum atomic E-state index is 5.71. The van der Waals surface area contributed by atoms with E-state index in [1.165, 1.54) is 11.1 Å². The van der Waals surface area contributed by atoms with E-state index in [-0.39, 0.29) is 6.10 Å². The van der Waals surface area contributed by atoms with Crippen molar-refractivity contribution < 1.29 is 9.47 Å². The van der Waals surface area contributed by atoms with Gasteiger partial charge in [0.1, 0.15) is 11.9 Å². The van der Waals surface area contributed by atoms with Crippen LogP contribution in [-0.2, 0) is 4.74 Å². The smallest absolute Gasteiger partial charge is 0.145 e. The molecule has 1 aromatic rings. The highest BCUT2D eigenvalue weighted by atomic mass is 16.6. The van der Waals surface area contributed by atoms with Crippen molar-refractivity contribution in [1.29, 1.82) is 0 Å². The lowest BCUT2D eigenvalue weighted by Gasteiger charge is -2.27. The average Bonchev–Trinajstić information content (AvgIpc) is 1.99. The molecule has 70 valence electrons. The van der Waals surface area contributed by atoms with Gasteiger partial charge in [-0.3, -0.25) is 0 Å². The number of hydrogen-bond donors (Lipinski definition) is 0. The van der Waals surface area contributed by atoms with Crippen LogP contribution in [0.25, 0.3) is 0 Å². The fourth-order valence-electron chi connectivity index (χ4n) is 1.39. The van der Waals surface area contributed by atoms with Gasteiger partial charge in [0.25, 0.3) is 0 Å². The van der Waals surface area contributed by atoms with Gasteiger partial charge in [0.05, 0.1) is 13.2 Å². The van der Waals surface area contributed by atoms with Crippen LogP contribution in [0.4, 0.5) is 0 Å². The molecule has 1 saturated heterocycles. The summed E-state index contributed by atoms with van der Waals surface area (Å²) in [5.74, 6) is 0.985. The van der Waals surface area contributed by atoms with Gasteiger partial charge in [-0.05, 0) is 25.5 Å². The molecule has 1 aliphatic heterocycles. The number of hydrogen-bond acceptors (Lipinski definition) is 2. The molecule has 0 N–H and O–H groups in total. The van der Waals surface area contributed by atoms with Gasteiger partial charge in [-0.1, -0.05) is 17.7 Å². The third-order valence-corrected chi connectivity index (χ3v) is 2.23. The first kappa shape index (κ1) is 8.57. The second kappa shape index (κ2) is 3.38. The Labute approximate surface area is 78.5 Å². The van der Waals surface area contributed by atoms with E-state index in [2.05, 4.69) is 26.0 Å². The van der Waals surface area contributed by atoms with Crippen LogP contribution in [0.2, 0.25) is 0 Å². The molecule has 0 unspecified atom stereocenters. The molecule has 1 aromatic carbocycles. The van der Waals surface area contributed by atoms with Gasteiger partial charge in [-0.25, -0.2) is 0 Å². The van der Waals surface area contributed by atoms with Crippen molar-refractivity contribution in [3.63, 3.8) is 0 Å². The van der Waals surface area contributed by atoms with E-state index in [1.807, 2.05) is 6.07 Å². The van der Waals surface area contributed by atoms with E-state index in [9.17, 15) is 0 Å². The number of rotatable bonds is 2. The summed E-state index contributed by atoms with van der Waals surface area (Å²) in [6, 6.07) is 6.24. The maximum absolute atomic E-state index is 5.71. The highest BCUT2D eigenvalue weighted by Gasteiger charge is 2.20. The molecule has 0 amide bonds. The summed E-state index contributed by atoms with van der Waals surface area (Å²) in [5, 5.41) is 0. The molecular weight excluding hydrogens is 164 g/mol. The van der Waals surface area contributed by atoms with Gasteiger partial charge in [-0.2, -0.15) is 0 Å². The zero-order valence-corrected chi connectivity index (χ0v) is 8.04. The molecule has 2 rings (SSSR count). The predicted molar refractivity (Wildman–Crippen MR) is 51.2 cm³/mol. The second-order valence-electron chi connectivity index (χ2n) is 3.55. The van der Waals surface area contributed by atoms with Crippen LogP contribution in [0.3, 0.4) is 0 Å². The van der Waals surface area contributed by atoms with Gasteiger partial charge < -0.3 is 9.47 Å². The molecule has 2 heteroatoms. The number of benzene rings is 1. The van der Waals surface area contributed by atoms with Crippen molar-refractivity contribution in [1.82, 2.24) is 0 Å². The largest absolute Gasteiger partial charge is 0.485 e. The van der Waals surface area contributed by atoms with Gasteiger partial charge in [0, 0.05) is 0 Å². The van der Waals surface area contributed by atoms with Crippen LogP contribution < -0.4 is 4.74 Å². The summed E-state index contributed by atoms with van der Waals surface area (Å²) < 4.78 is 10.8.